The standard InChI is InChI=1S/C12H18ClFN2/c1-8(2)3-6-12(16-15)10-5-4-9(14)7-11(10)13/h4-5,7-8,12,16H,3,6,15H2,1-2H3. The summed E-state index contributed by atoms with van der Waals surface area (Å²) in [4.78, 5) is 0. The fourth-order valence-electron chi connectivity index (χ4n) is 1.61. The zero-order valence-electron chi connectivity index (χ0n) is 9.63. The third-order valence-electron chi connectivity index (χ3n) is 2.57. The summed E-state index contributed by atoms with van der Waals surface area (Å²) in [7, 11) is 0. The average molecular weight is 245 g/mol. The van der Waals surface area contributed by atoms with E-state index in [2.05, 4.69) is 19.3 Å². The lowest BCUT2D eigenvalue weighted by Crippen LogP contribution is -2.28. The van der Waals surface area contributed by atoms with E-state index in [9.17, 15) is 4.39 Å². The van der Waals surface area contributed by atoms with E-state index in [4.69, 9.17) is 17.4 Å². The van der Waals surface area contributed by atoms with Gasteiger partial charge in [-0.05, 0) is 36.5 Å². The Morgan fingerprint density at radius 1 is 1.38 bits per heavy atom. The normalized spacial score (nSPS) is 13.1. The van der Waals surface area contributed by atoms with Crippen LogP contribution in [0, 0.1) is 11.7 Å². The molecule has 0 saturated carbocycles. The van der Waals surface area contributed by atoms with Gasteiger partial charge < -0.3 is 0 Å². The highest BCUT2D eigenvalue weighted by atomic mass is 35.5. The maximum atomic E-state index is 12.9. The molecule has 1 rings (SSSR count). The van der Waals surface area contributed by atoms with Crippen molar-refractivity contribution in [3.63, 3.8) is 0 Å². The van der Waals surface area contributed by atoms with Crippen LogP contribution in [0.5, 0.6) is 0 Å². The Kier molecular flexibility index (Phi) is 5.19. The first-order valence-corrected chi connectivity index (χ1v) is 5.83. The first-order chi connectivity index (χ1) is 7.54. The van der Waals surface area contributed by atoms with Gasteiger partial charge in [-0.25, -0.2) is 4.39 Å². The number of hydrazine groups is 1. The number of halogens is 2. The molecule has 0 aliphatic carbocycles. The van der Waals surface area contributed by atoms with Gasteiger partial charge in [-0.15, -0.1) is 0 Å². The Labute approximate surface area is 101 Å². The fourth-order valence-corrected chi connectivity index (χ4v) is 1.91. The van der Waals surface area contributed by atoms with Crippen molar-refractivity contribution in [1.29, 1.82) is 0 Å². The molecule has 1 aromatic carbocycles. The van der Waals surface area contributed by atoms with Gasteiger partial charge in [-0.1, -0.05) is 31.5 Å². The molecule has 0 spiro atoms. The van der Waals surface area contributed by atoms with E-state index >= 15 is 0 Å². The monoisotopic (exact) mass is 244 g/mol. The molecule has 1 aromatic rings. The molecule has 2 nitrogen and oxygen atoms in total. The summed E-state index contributed by atoms with van der Waals surface area (Å²) in [5.74, 6) is 5.78. The van der Waals surface area contributed by atoms with Crippen LogP contribution < -0.4 is 11.3 Å². The van der Waals surface area contributed by atoms with Crippen molar-refractivity contribution in [1.82, 2.24) is 5.43 Å². The molecule has 0 aliphatic rings. The minimum absolute atomic E-state index is 0.0181. The summed E-state index contributed by atoms with van der Waals surface area (Å²) in [6.07, 6.45) is 1.93. The molecule has 0 radical (unpaired) electrons. The van der Waals surface area contributed by atoms with E-state index < -0.39 is 0 Å². The first-order valence-electron chi connectivity index (χ1n) is 5.45. The summed E-state index contributed by atoms with van der Waals surface area (Å²) in [6.45, 7) is 4.31. The molecule has 0 aliphatic heterocycles. The minimum Gasteiger partial charge on any atom is -0.271 e. The highest BCUT2D eigenvalue weighted by Gasteiger charge is 2.14. The van der Waals surface area contributed by atoms with Crippen LogP contribution in [0.15, 0.2) is 18.2 Å². The van der Waals surface area contributed by atoms with Crippen LogP contribution in [0.2, 0.25) is 5.02 Å². The smallest absolute Gasteiger partial charge is 0.124 e. The van der Waals surface area contributed by atoms with Crippen LogP contribution in [-0.2, 0) is 0 Å². The number of nitrogens with one attached hydrogen (secondary N) is 1. The summed E-state index contributed by atoms with van der Waals surface area (Å²) < 4.78 is 12.9. The third kappa shape index (κ3) is 3.74. The number of hydrogen-bond acceptors (Lipinski definition) is 2. The van der Waals surface area contributed by atoms with E-state index in [0.29, 0.717) is 10.9 Å². The largest absolute Gasteiger partial charge is 0.271 e. The minimum atomic E-state index is -0.326. The number of benzene rings is 1. The predicted molar refractivity (Wildman–Crippen MR) is 65.5 cm³/mol. The first kappa shape index (κ1) is 13.4. The molecular weight excluding hydrogens is 227 g/mol. The van der Waals surface area contributed by atoms with Crippen molar-refractivity contribution in [2.45, 2.75) is 32.7 Å². The molecule has 0 aromatic heterocycles. The zero-order chi connectivity index (χ0) is 12.1. The second kappa shape index (κ2) is 6.18. The van der Waals surface area contributed by atoms with Crippen molar-refractivity contribution in [3.05, 3.63) is 34.6 Å². The zero-order valence-corrected chi connectivity index (χ0v) is 10.4. The third-order valence-corrected chi connectivity index (χ3v) is 2.90. The van der Waals surface area contributed by atoms with Crippen LogP contribution in [0.3, 0.4) is 0 Å². The van der Waals surface area contributed by atoms with Gasteiger partial charge in [0.1, 0.15) is 5.82 Å². The van der Waals surface area contributed by atoms with Crippen molar-refractivity contribution < 1.29 is 4.39 Å². The Balaban J connectivity index is 2.78. The lowest BCUT2D eigenvalue weighted by Gasteiger charge is -2.18. The summed E-state index contributed by atoms with van der Waals surface area (Å²) in [5.41, 5.74) is 3.58. The number of hydrogen-bond donors (Lipinski definition) is 2. The van der Waals surface area contributed by atoms with E-state index in [-0.39, 0.29) is 11.9 Å². The van der Waals surface area contributed by atoms with Crippen molar-refractivity contribution in [2.24, 2.45) is 11.8 Å². The summed E-state index contributed by atoms with van der Waals surface area (Å²) >= 11 is 5.98. The SMILES string of the molecule is CC(C)CCC(NN)c1ccc(F)cc1Cl. The lowest BCUT2D eigenvalue weighted by molar-refractivity contribution is 0.448. The van der Waals surface area contributed by atoms with Gasteiger partial charge >= 0.3 is 0 Å². The van der Waals surface area contributed by atoms with Crippen LogP contribution >= 0.6 is 11.6 Å². The maximum absolute atomic E-state index is 12.9. The predicted octanol–water partition coefficient (Wildman–Crippen LogP) is 3.42. The molecular formula is C12H18ClFN2. The highest BCUT2D eigenvalue weighted by Crippen LogP contribution is 2.27. The highest BCUT2D eigenvalue weighted by molar-refractivity contribution is 6.31. The molecule has 3 N–H and O–H groups in total. The Morgan fingerprint density at radius 2 is 2.06 bits per heavy atom. The van der Waals surface area contributed by atoms with E-state index in [1.807, 2.05) is 0 Å². The molecule has 1 unspecified atom stereocenters. The average Bonchev–Trinajstić information content (AvgIpc) is 2.21. The van der Waals surface area contributed by atoms with Gasteiger partial charge in [-0.2, -0.15) is 0 Å². The molecule has 4 heteroatoms. The molecule has 1 atom stereocenters. The molecule has 16 heavy (non-hydrogen) atoms. The van der Waals surface area contributed by atoms with Gasteiger partial charge in [-0.3, -0.25) is 11.3 Å². The van der Waals surface area contributed by atoms with Crippen molar-refractivity contribution >= 4 is 11.6 Å². The fraction of sp³-hybridized carbons (Fsp3) is 0.500. The van der Waals surface area contributed by atoms with E-state index in [1.54, 1.807) is 6.07 Å². The summed E-state index contributed by atoms with van der Waals surface area (Å²) in [5, 5.41) is 0.423. The molecule has 0 bridgehead atoms. The molecule has 0 heterocycles. The Morgan fingerprint density at radius 3 is 2.56 bits per heavy atom. The van der Waals surface area contributed by atoms with Crippen LogP contribution in [0.1, 0.15) is 38.3 Å². The van der Waals surface area contributed by atoms with Gasteiger partial charge in [0.05, 0.1) is 0 Å². The second-order valence-corrected chi connectivity index (χ2v) is 4.76. The molecule has 90 valence electrons. The molecule has 0 fully saturated rings. The lowest BCUT2D eigenvalue weighted by atomic mass is 9.98. The second-order valence-electron chi connectivity index (χ2n) is 4.36. The number of rotatable bonds is 5. The van der Waals surface area contributed by atoms with Crippen molar-refractivity contribution in [2.75, 3.05) is 0 Å². The number of nitrogens with two attached hydrogens (primary N) is 1. The molecule has 0 saturated heterocycles. The van der Waals surface area contributed by atoms with Crippen LogP contribution in [0.25, 0.3) is 0 Å². The van der Waals surface area contributed by atoms with E-state index in [1.165, 1.54) is 12.1 Å². The quantitative estimate of drug-likeness (QED) is 0.615. The van der Waals surface area contributed by atoms with Crippen LogP contribution in [0.4, 0.5) is 4.39 Å². The van der Waals surface area contributed by atoms with Gasteiger partial charge in [0.2, 0.25) is 0 Å². The van der Waals surface area contributed by atoms with Crippen molar-refractivity contribution in [3.8, 4) is 0 Å². The maximum Gasteiger partial charge on any atom is 0.124 e. The molecule has 0 amide bonds. The van der Waals surface area contributed by atoms with Crippen LogP contribution in [-0.4, -0.2) is 0 Å². The van der Waals surface area contributed by atoms with E-state index in [0.717, 1.165) is 18.4 Å². The van der Waals surface area contributed by atoms with Gasteiger partial charge in [0, 0.05) is 11.1 Å². The van der Waals surface area contributed by atoms with Gasteiger partial charge in [0.15, 0.2) is 0 Å². The van der Waals surface area contributed by atoms with Gasteiger partial charge in [0.25, 0.3) is 0 Å². The topological polar surface area (TPSA) is 38.0 Å². The Hall–Kier alpha value is -0.640. The Bertz CT molecular complexity index is 342. The summed E-state index contributed by atoms with van der Waals surface area (Å²) in [6, 6.07) is 4.38.